The molecule has 0 saturated carbocycles. The van der Waals surface area contributed by atoms with Crippen molar-refractivity contribution < 1.29 is 22.7 Å². The lowest BCUT2D eigenvalue weighted by Crippen LogP contribution is -2.46. The number of hydrogen-bond donors (Lipinski definition) is 0. The maximum Gasteiger partial charge on any atom is 0.306 e. The van der Waals surface area contributed by atoms with Crippen LogP contribution >= 0.6 is 0 Å². The zero-order valence-corrected chi connectivity index (χ0v) is 17.9. The zero-order chi connectivity index (χ0) is 20.9. The molecule has 0 N–H and O–H groups in total. The van der Waals surface area contributed by atoms with E-state index in [-0.39, 0.29) is 23.2 Å². The minimum absolute atomic E-state index is 0.197. The van der Waals surface area contributed by atoms with Crippen molar-refractivity contribution in [3.63, 3.8) is 0 Å². The van der Waals surface area contributed by atoms with Crippen molar-refractivity contribution in [2.75, 3.05) is 20.1 Å². The Labute approximate surface area is 167 Å². The maximum absolute atomic E-state index is 12.9. The number of esters is 1. The van der Waals surface area contributed by atoms with Crippen LogP contribution in [0.4, 0.5) is 0 Å². The number of sulfonamides is 1. The van der Waals surface area contributed by atoms with Crippen molar-refractivity contribution in [1.82, 2.24) is 9.21 Å². The molecule has 1 saturated heterocycles. The Morgan fingerprint density at radius 1 is 1.21 bits per heavy atom. The number of carbonyl (C=O) groups is 2. The first kappa shape index (κ1) is 22.4. The SMILES string of the molecule is CN(CCCC(=O)OC(C)(C)C)C(=O)C1CCCN1S(=O)(=O)c1ccccc1. The van der Waals surface area contributed by atoms with Crippen molar-refractivity contribution in [2.24, 2.45) is 0 Å². The van der Waals surface area contributed by atoms with E-state index in [1.807, 2.05) is 20.8 Å². The molecule has 1 aliphatic heterocycles. The van der Waals surface area contributed by atoms with Crippen LogP contribution in [0, 0.1) is 0 Å². The summed E-state index contributed by atoms with van der Waals surface area (Å²) in [5.74, 6) is -0.538. The second-order valence-corrected chi connectivity index (χ2v) is 9.93. The van der Waals surface area contributed by atoms with Crippen LogP contribution in [0.5, 0.6) is 0 Å². The van der Waals surface area contributed by atoms with E-state index in [2.05, 4.69) is 0 Å². The molecule has 156 valence electrons. The minimum atomic E-state index is -3.71. The van der Waals surface area contributed by atoms with E-state index in [9.17, 15) is 18.0 Å². The molecule has 1 atom stereocenters. The summed E-state index contributed by atoms with van der Waals surface area (Å²) >= 11 is 0. The number of nitrogens with zero attached hydrogens (tertiary/aromatic N) is 2. The molecule has 0 aliphatic carbocycles. The van der Waals surface area contributed by atoms with Crippen LogP contribution < -0.4 is 0 Å². The molecule has 2 rings (SSSR count). The van der Waals surface area contributed by atoms with E-state index >= 15 is 0 Å². The Morgan fingerprint density at radius 3 is 2.46 bits per heavy atom. The van der Waals surface area contributed by atoms with Crippen molar-refractivity contribution in [3.05, 3.63) is 30.3 Å². The molecule has 1 aromatic rings. The van der Waals surface area contributed by atoms with Gasteiger partial charge in [0.1, 0.15) is 11.6 Å². The van der Waals surface area contributed by atoms with Crippen LogP contribution in [0.2, 0.25) is 0 Å². The third kappa shape index (κ3) is 5.78. The van der Waals surface area contributed by atoms with Gasteiger partial charge in [0.05, 0.1) is 4.90 Å². The van der Waals surface area contributed by atoms with Gasteiger partial charge in [-0.05, 0) is 52.2 Å². The number of carbonyl (C=O) groups excluding carboxylic acids is 2. The Bertz CT molecular complexity index is 787. The summed E-state index contributed by atoms with van der Waals surface area (Å²) in [6, 6.07) is 7.48. The first-order valence-electron chi connectivity index (χ1n) is 9.56. The first-order chi connectivity index (χ1) is 13.0. The fourth-order valence-electron chi connectivity index (χ4n) is 3.22. The van der Waals surface area contributed by atoms with E-state index in [4.69, 9.17) is 4.74 Å². The second-order valence-electron chi connectivity index (χ2n) is 8.04. The van der Waals surface area contributed by atoms with Gasteiger partial charge in [0.2, 0.25) is 15.9 Å². The molecule has 28 heavy (non-hydrogen) atoms. The molecule has 1 amide bonds. The summed E-state index contributed by atoms with van der Waals surface area (Å²) in [4.78, 5) is 26.3. The van der Waals surface area contributed by atoms with Crippen LogP contribution in [-0.4, -0.2) is 61.3 Å². The van der Waals surface area contributed by atoms with Gasteiger partial charge in [0.15, 0.2) is 0 Å². The van der Waals surface area contributed by atoms with Crippen molar-refractivity contribution in [1.29, 1.82) is 0 Å². The quantitative estimate of drug-likeness (QED) is 0.645. The summed E-state index contributed by atoms with van der Waals surface area (Å²) in [5, 5.41) is 0. The molecule has 8 heteroatoms. The fraction of sp³-hybridized carbons (Fsp3) is 0.600. The van der Waals surface area contributed by atoms with Crippen LogP contribution in [0.3, 0.4) is 0 Å². The molecule has 1 aromatic carbocycles. The van der Waals surface area contributed by atoms with Crippen molar-refractivity contribution >= 4 is 21.9 Å². The predicted molar refractivity (Wildman–Crippen MR) is 106 cm³/mol. The van der Waals surface area contributed by atoms with Crippen molar-refractivity contribution in [2.45, 2.75) is 63.0 Å². The van der Waals surface area contributed by atoms with E-state index in [0.717, 1.165) is 0 Å². The van der Waals surface area contributed by atoms with E-state index in [0.29, 0.717) is 32.4 Å². The number of likely N-dealkylation sites (N-methyl/N-ethyl adjacent to an activating group) is 1. The highest BCUT2D eigenvalue weighted by Crippen LogP contribution is 2.27. The zero-order valence-electron chi connectivity index (χ0n) is 17.1. The maximum atomic E-state index is 12.9. The summed E-state index contributed by atoms with van der Waals surface area (Å²) in [7, 11) is -2.07. The number of hydrogen-bond acceptors (Lipinski definition) is 5. The Hall–Kier alpha value is -1.93. The molecule has 1 aliphatic rings. The molecule has 0 spiro atoms. The van der Waals surface area contributed by atoms with Gasteiger partial charge < -0.3 is 9.64 Å². The monoisotopic (exact) mass is 410 g/mol. The predicted octanol–water partition coefficient (Wildman–Crippen LogP) is 2.42. The number of benzene rings is 1. The second kappa shape index (κ2) is 9.05. The van der Waals surface area contributed by atoms with Gasteiger partial charge in [-0.1, -0.05) is 18.2 Å². The molecule has 1 unspecified atom stereocenters. The lowest BCUT2D eigenvalue weighted by atomic mass is 10.2. The van der Waals surface area contributed by atoms with Crippen LogP contribution in [0.15, 0.2) is 35.2 Å². The molecule has 0 bridgehead atoms. The molecule has 0 radical (unpaired) electrons. The van der Waals surface area contributed by atoms with Gasteiger partial charge in [-0.2, -0.15) is 4.31 Å². The van der Waals surface area contributed by atoms with Gasteiger partial charge >= 0.3 is 5.97 Å². The highest BCUT2D eigenvalue weighted by molar-refractivity contribution is 7.89. The summed E-state index contributed by atoms with van der Waals surface area (Å²) < 4.78 is 32.4. The minimum Gasteiger partial charge on any atom is -0.460 e. The largest absolute Gasteiger partial charge is 0.460 e. The topological polar surface area (TPSA) is 84.0 Å². The highest BCUT2D eigenvalue weighted by Gasteiger charge is 2.40. The van der Waals surface area contributed by atoms with Crippen molar-refractivity contribution in [3.8, 4) is 0 Å². The third-order valence-corrected chi connectivity index (χ3v) is 6.43. The van der Waals surface area contributed by atoms with E-state index < -0.39 is 21.7 Å². The lowest BCUT2D eigenvalue weighted by molar-refractivity contribution is -0.155. The smallest absolute Gasteiger partial charge is 0.306 e. The van der Waals surface area contributed by atoms with Gasteiger partial charge in [0, 0.05) is 26.6 Å². The van der Waals surface area contributed by atoms with Crippen LogP contribution in [0.25, 0.3) is 0 Å². The molecule has 0 aromatic heterocycles. The molecule has 1 fully saturated rings. The Kier molecular flexibility index (Phi) is 7.22. The standard InChI is InChI=1S/C20H30N2O5S/c1-20(2,3)27-18(23)13-9-14-21(4)19(24)17-12-8-15-22(17)28(25,26)16-10-6-5-7-11-16/h5-7,10-11,17H,8-9,12-15H2,1-4H3. The van der Waals surface area contributed by atoms with E-state index in [1.54, 1.807) is 37.4 Å². The lowest BCUT2D eigenvalue weighted by Gasteiger charge is -2.27. The average molecular weight is 411 g/mol. The molecule has 7 nitrogen and oxygen atoms in total. The normalized spacial score (nSPS) is 18.1. The number of amides is 1. The first-order valence-corrected chi connectivity index (χ1v) is 11.0. The summed E-state index contributed by atoms with van der Waals surface area (Å²) in [5.41, 5.74) is -0.533. The van der Waals surface area contributed by atoms with Crippen LogP contribution in [0.1, 0.15) is 46.5 Å². The van der Waals surface area contributed by atoms with Gasteiger partial charge in [-0.25, -0.2) is 8.42 Å². The molecule has 1 heterocycles. The number of ether oxygens (including phenoxy) is 1. The highest BCUT2D eigenvalue weighted by atomic mass is 32.2. The number of rotatable bonds is 7. The molecular formula is C20H30N2O5S. The fourth-order valence-corrected chi connectivity index (χ4v) is 4.89. The molecular weight excluding hydrogens is 380 g/mol. The van der Waals surface area contributed by atoms with Gasteiger partial charge in [-0.15, -0.1) is 0 Å². The Morgan fingerprint density at radius 2 is 1.86 bits per heavy atom. The van der Waals surface area contributed by atoms with E-state index in [1.165, 1.54) is 9.21 Å². The average Bonchev–Trinajstić information content (AvgIpc) is 3.10. The summed E-state index contributed by atoms with van der Waals surface area (Å²) in [6.07, 6.45) is 1.83. The Balaban J connectivity index is 1.96. The summed E-state index contributed by atoms with van der Waals surface area (Å²) in [6.45, 7) is 6.13. The van der Waals surface area contributed by atoms with Crippen LogP contribution in [-0.2, 0) is 24.3 Å². The van der Waals surface area contributed by atoms with Gasteiger partial charge in [0.25, 0.3) is 0 Å². The van der Waals surface area contributed by atoms with Gasteiger partial charge in [-0.3, -0.25) is 9.59 Å². The third-order valence-electron chi connectivity index (χ3n) is 4.51.